The van der Waals surface area contributed by atoms with E-state index >= 15 is 0 Å². The summed E-state index contributed by atoms with van der Waals surface area (Å²) < 4.78 is 1.62. The lowest BCUT2D eigenvalue weighted by molar-refractivity contribution is -0.133. The van der Waals surface area contributed by atoms with E-state index in [1.165, 1.54) is 0 Å². The lowest BCUT2D eigenvalue weighted by Crippen LogP contribution is -2.49. The van der Waals surface area contributed by atoms with Crippen molar-refractivity contribution in [2.75, 3.05) is 38.5 Å². The highest BCUT2D eigenvalue weighted by molar-refractivity contribution is 5.76. The van der Waals surface area contributed by atoms with Gasteiger partial charge in [-0.3, -0.25) is 9.48 Å². The van der Waals surface area contributed by atoms with Crippen LogP contribution in [0.4, 0.5) is 5.82 Å². The second kappa shape index (κ2) is 5.39. The van der Waals surface area contributed by atoms with Gasteiger partial charge in [0.25, 0.3) is 0 Å². The van der Waals surface area contributed by atoms with Gasteiger partial charge in [-0.25, -0.2) is 0 Å². The van der Waals surface area contributed by atoms with Crippen LogP contribution in [0, 0.1) is 6.92 Å². The Morgan fingerprint density at radius 3 is 2.56 bits per heavy atom. The van der Waals surface area contributed by atoms with E-state index in [1.54, 1.807) is 4.68 Å². The molecule has 1 aliphatic heterocycles. The number of hydrogen-bond donors (Lipinski definition) is 1. The maximum absolute atomic E-state index is 12.1. The summed E-state index contributed by atoms with van der Waals surface area (Å²) in [6.45, 7) is 8.91. The van der Waals surface area contributed by atoms with Gasteiger partial charge in [0, 0.05) is 37.9 Å². The number of nitrogens with two attached hydrogens (primary N) is 1. The minimum atomic E-state index is 0.119. The Hall–Kier alpha value is -1.56. The number of hydrogen-bond acceptors (Lipinski definition) is 4. The molecule has 0 atom stereocenters. The molecular weight excluding hydrogens is 230 g/mol. The minimum absolute atomic E-state index is 0.119. The Kier molecular flexibility index (Phi) is 3.86. The molecule has 1 amide bonds. The van der Waals surface area contributed by atoms with Gasteiger partial charge >= 0.3 is 0 Å². The number of likely N-dealkylation sites (N-methyl/N-ethyl adjacent to an activating group) is 1. The number of nitrogen functional groups attached to an aromatic ring is 1. The molecule has 1 aliphatic rings. The zero-order valence-corrected chi connectivity index (χ0v) is 11.1. The molecular formula is C12H21N5O. The lowest BCUT2D eigenvalue weighted by Gasteiger charge is -2.34. The van der Waals surface area contributed by atoms with E-state index < -0.39 is 0 Å². The topological polar surface area (TPSA) is 67.4 Å². The summed E-state index contributed by atoms with van der Waals surface area (Å²) in [7, 11) is 0. The van der Waals surface area contributed by atoms with Crippen LogP contribution in [0.25, 0.3) is 0 Å². The van der Waals surface area contributed by atoms with E-state index in [0.29, 0.717) is 5.82 Å². The molecule has 18 heavy (non-hydrogen) atoms. The van der Waals surface area contributed by atoms with Crippen LogP contribution in [0.1, 0.15) is 12.5 Å². The molecule has 6 nitrogen and oxygen atoms in total. The molecule has 1 aromatic heterocycles. The largest absolute Gasteiger partial charge is 0.382 e. The monoisotopic (exact) mass is 251 g/mol. The van der Waals surface area contributed by atoms with E-state index in [1.807, 2.05) is 18.0 Å². The summed E-state index contributed by atoms with van der Waals surface area (Å²) in [5.41, 5.74) is 6.58. The van der Waals surface area contributed by atoms with Crippen molar-refractivity contribution in [1.82, 2.24) is 19.6 Å². The van der Waals surface area contributed by atoms with Crippen molar-refractivity contribution in [3.8, 4) is 0 Å². The highest BCUT2D eigenvalue weighted by Crippen LogP contribution is 2.07. The summed E-state index contributed by atoms with van der Waals surface area (Å²) in [6.07, 6.45) is 1.82. The lowest BCUT2D eigenvalue weighted by atomic mass is 10.3. The predicted octanol–water partition coefficient (Wildman–Crippen LogP) is -0.0622. The first-order valence-electron chi connectivity index (χ1n) is 6.39. The number of carbonyl (C=O) groups excluding carboxylic acids is 1. The number of nitrogens with zero attached hydrogens (tertiary/aromatic N) is 4. The van der Waals surface area contributed by atoms with Gasteiger partial charge in [0.1, 0.15) is 12.4 Å². The Bertz CT molecular complexity index is 401. The number of rotatable bonds is 3. The molecule has 0 bridgehead atoms. The predicted molar refractivity (Wildman–Crippen MR) is 70.1 cm³/mol. The van der Waals surface area contributed by atoms with Crippen molar-refractivity contribution in [2.45, 2.75) is 20.4 Å². The highest BCUT2D eigenvalue weighted by atomic mass is 16.2. The molecule has 0 saturated carbocycles. The molecule has 100 valence electrons. The third kappa shape index (κ3) is 2.81. The van der Waals surface area contributed by atoms with Crippen molar-refractivity contribution in [1.29, 1.82) is 0 Å². The van der Waals surface area contributed by atoms with E-state index in [9.17, 15) is 4.79 Å². The maximum atomic E-state index is 12.1. The number of anilines is 1. The van der Waals surface area contributed by atoms with Crippen molar-refractivity contribution in [3.63, 3.8) is 0 Å². The SMILES string of the molecule is CCN1CCN(C(=O)Cn2cc(C)c(N)n2)CC1. The van der Waals surface area contributed by atoms with Crippen LogP contribution in [0.15, 0.2) is 6.20 Å². The van der Waals surface area contributed by atoms with Gasteiger partial charge < -0.3 is 15.5 Å². The summed E-state index contributed by atoms with van der Waals surface area (Å²) in [6, 6.07) is 0. The molecule has 1 fully saturated rings. The summed E-state index contributed by atoms with van der Waals surface area (Å²) in [4.78, 5) is 16.3. The zero-order chi connectivity index (χ0) is 13.1. The van der Waals surface area contributed by atoms with Crippen LogP contribution in [0.5, 0.6) is 0 Å². The molecule has 0 radical (unpaired) electrons. The zero-order valence-electron chi connectivity index (χ0n) is 11.1. The fourth-order valence-electron chi connectivity index (χ4n) is 2.17. The molecule has 1 aromatic rings. The van der Waals surface area contributed by atoms with Gasteiger partial charge in [-0.1, -0.05) is 6.92 Å². The second-order valence-corrected chi connectivity index (χ2v) is 4.71. The first-order chi connectivity index (χ1) is 8.60. The number of aryl methyl sites for hydroxylation is 1. The van der Waals surface area contributed by atoms with Crippen LogP contribution < -0.4 is 5.73 Å². The van der Waals surface area contributed by atoms with Crippen LogP contribution in [0.3, 0.4) is 0 Å². The van der Waals surface area contributed by atoms with Crippen molar-refractivity contribution in [2.24, 2.45) is 0 Å². The fraction of sp³-hybridized carbons (Fsp3) is 0.667. The van der Waals surface area contributed by atoms with Crippen molar-refractivity contribution in [3.05, 3.63) is 11.8 Å². The smallest absolute Gasteiger partial charge is 0.244 e. The Morgan fingerprint density at radius 1 is 1.39 bits per heavy atom. The molecule has 0 aromatic carbocycles. The third-order valence-electron chi connectivity index (χ3n) is 3.45. The number of piperazine rings is 1. The van der Waals surface area contributed by atoms with Crippen LogP contribution in [-0.2, 0) is 11.3 Å². The third-order valence-corrected chi connectivity index (χ3v) is 3.45. The molecule has 2 rings (SSSR count). The van der Waals surface area contributed by atoms with Crippen LogP contribution in [-0.4, -0.2) is 58.2 Å². The quantitative estimate of drug-likeness (QED) is 0.817. The molecule has 6 heteroatoms. The van der Waals surface area contributed by atoms with Gasteiger partial charge in [0.05, 0.1) is 0 Å². The normalized spacial score (nSPS) is 17.1. The second-order valence-electron chi connectivity index (χ2n) is 4.71. The van der Waals surface area contributed by atoms with Gasteiger partial charge in [-0.2, -0.15) is 5.10 Å². The summed E-state index contributed by atoms with van der Waals surface area (Å²) in [5, 5.41) is 4.11. The fourth-order valence-corrected chi connectivity index (χ4v) is 2.17. The Balaban J connectivity index is 1.89. The van der Waals surface area contributed by atoms with Gasteiger partial charge in [-0.05, 0) is 13.5 Å². The van der Waals surface area contributed by atoms with E-state index in [2.05, 4.69) is 16.9 Å². The number of aromatic nitrogens is 2. The number of carbonyl (C=O) groups is 1. The van der Waals surface area contributed by atoms with Crippen LogP contribution >= 0.6 is 0 Å². The van der Waals surface area contributed by atoms with E-state index in [-0.39, 0.29) is 12.5 Å². The first-order valence-corrected chi connectivity index (χ1v) is 6.39. The van der Waals surface area contributed by atoms with Gasteiger partial charge in [-0.15, -0.1) is 0 Å². The molecule has 0 aliphatic carbocycles. The Morgan fingerprint density at radius 2 is 2.06 bits per heavy atom. The Labute approximate surface area is 107 Å². The summed E-state index contributed by atoms with van der Waals surface area (Å²) in [5.74, 6) is 0.617. The number of amides is 1. The van der Waals surface area contributed by atoms with Gasteiger partial charge in [0.2, 0.25) is 5.91 Å². The summed E-state index contributed by atoms with van der Waals surface area (Å²) >= 11 is 0. The van der Waals surface area contributed by atoms with Crippen LogP contribution in [0.2, 0.25) is 0 Å². The average Bonchev–Trinajstić information content (AvgIpc) is 2.68. The van der Waals surface area contributed by atoms with Crippen molar-refractivity contribution < 1.29 is 4.79 Å². The molecule has 2 heterocycles. The average molecular weight is 251 g/mol. The highest BCUT2D eigenvalue weighted by Gasteiger charge is 2.20. The standard InChI is InChI=1S/C12H21N5O/c1-3-15-4-6-16(7-5-15)11(18)9-17-8-10(2)12(13)14-17/h8H,3-7,9H2,1-2H3,(H2,13,14). The maximum Gasteiger partial charge on any atom is 0.244 e. The molecule has 2 N–H and O–H groups in total. The molecule has 1 saturated heterocycles. The van der Waals surface area contributed by atoms with E-state index in [0.717, 1.165) is 38.3 Å². The minimum Gasteiger partial charge on any atom is -0.382 e. The van der Waals surface area contributed by atoms with Gasteiger partial charge in [0.15, 0.2) is 0 Å². The van der Waals surface area contributed by atoms with E-state index in [4.69, 9.17) is 5.73 Å². The first kappa shape index (κ1) is 12.9. The van der Waals surface area contributed by atoms with Crippen molar-refractivity contribution >= 4 is 11.7 Å². The molecule has 0 spiro atoms. The molecule has 0 unspecified atom stereocenters.